The number of hydrogen-bond acceptors (Lipinski definition) is 3. The van der Waals surface area contributed by atoms with Gasteiger partial charge in [-0.1, -0.05) is 6.07 Å². The second-order valence-electron chi connectivity index (χ2n) is 4.62. The van der Waals surface area contributed by atoms with Crippen LogP contribution in [0, 0.1) is 5.92 Å². The lowest BCUT2D eigenvalue weighted by atomic mass is 9.95. The predicted molar refractivity (Wildman–Crippen MR) is 63.9 cm³/mol. The molecule has 1 aliphatic heterocycles. The summed E-state index contributed by atoms with van der Waals surface area (Å²) >= 11 is 0. The van der Waals surface area contributed by atoms with Gasteiger partial charge in [0.25, 0.3) is 0 Å². The van der Waals surface area contributed by atoms with Crippen LogP contribution in [0.2, 0.25) is 0 Å². The van der Waals surface area contributed by atoms with E-state index >= 15 is 0 Å². The lowest BCUT2D eigenvalue weighted by molar-refractivity contribution is 0.142. The Balaban J connectivity index is 1.85. The van der Waals surface area contributed by atoms with E-state index < -0.39 is 0 Å². The highest BCUT2D eigenvalue weighted by atomic mass is 16.3. The molecule has 2 heterocycles. The molecule has 1 aliphatic rings. The third-order valence-corrected chi connectivity index (χ3v) is 3.27. The first-order valence-electron chi connectivity index (χ1n) is 6.10. The Morgan fingerprint density at radius 1 is 1.50 bits per heavy atom. The molecular formula is C13H20N2O. The van der Waals surface area contributed by atoms with E-state index in [-0.39, 0.29) is 0 Å². The van der Waals surface area contributed by atoms with Gasteiger partial charge in [0.05, 0.1) is 0 Å². The highest BCUT2D eigenvalue weighted by Gasteiger charge is 2.19. The van der Waals surface area contributed by atoms with Gasteiger partial charge >= 0.3 is 0 Å². The minimum atomic E-state index is 0.325. The molecule has 0 radical (unpaired) electrons. The molecule has 16 heavy (non-hydrogen) atoms. The largest absolute Gasteiger partial charge is 0.396 e. The summed E-state index contributed by atoms with van der Waals surface area (Å²) < 4.78 is 0. The SMILES string of the molecule is OCCC1CCCN(Cc2cccnc2)C1. The summed E-state index contributed by atoms with van der Waals surface area (Å²) in [5.74, 6) is 0.676. The van der Waals surface area contributed by atoms with Gasteiger partial charge in [0.2, 0.25) is 0 Å². The van der Waals surface area contributed by atoms with Crippen molar-refractivity contribution in [2.45, 2.75) is 25.8 Å². The van der Waals surface area contributed by atoms with Crippen LogP contribution in [0.5, 0.6) is 0 Å². The normalized spacial score (nSPS) is 22.2. The van der Waals surface area contributed by atoms with Crippen molar-refractivity contribution in [3.63, 3.8) is 0 Å². The summed E-state index contributed by atoms with van der Waals surface area (Å²) in [7, 11) is 0. The summed E-state index contributed by atoms with van der Waals surface area (Å²) in [5, 5.41) is 8.97. The molecule has 1 fully saturated rings. The molecule has 1 N–H and O–H groups in total. The highest BCUT2D eigenvalue weighted by molar-refractivity contribution is 5.08. The maximum atomic E-state index is 8.97. The zero-order chi connectivity index (χ0) is 11.2. The Kier molecular flexibility index (Phi) is 4.31. The molecule has 1 aromatic rings. The van der Waals surface area contributed by atoms with Gasteiger partial charge in [-0.15, -0.1) is 0 Å². The quantitative estimate of drug-likeness (QED) is 0.838. The van der Waals surface area contributed by atoms with Crippen LogP contribution in [0.1, 0.15) is 24.8 Å². The van der Waals surface area contributed by atoms with Crippen molar-refractivity contribution in [2.75, 3.05) is 19.7 Å². The molecule has 0 aliphatic carbocycles. The van der Waals surface area contributed by atoms with E-state index in [1.807, 2.05) is 18.5 Å². The lowest BCUT2D eigenvalue weighted by Gasteiger charge is -2.32. The van der Waals surface area contributed by atoms with Crippen LogP contribution in [0.4, 0.5) is 0 Å². The first-order valence-corrected chi connectivity index (χ1v) is 6.10. The predicted octanol–water partition coefficient (Wildman–Crippen LogP) is 1.68. The number of likely N-dealkylation sites (tertiary alicyclic amines) is 1. The minimum absolute atomic E-state index is 0.325. The van der Waals surface area contributed by atoms with E-state index in [1.54, 1.807) is 0 Å². The van der Waals surface area contributed by atoms with Crippen LogP contribution in [-0.4, -0.2) is 34.7 Å². The van der Waals surface area contributed by atoms with Crippen LogP contribution in [0.25, 0.3) is 0 Å². The average Bonchev–Trinajstić information content (AvgIpc) is 2.31. The number of aliphatic hydroxyl groups excluding tert-OH is 1. The smallest absolute Gasteiger partial charge is 0.0434 e. The number of rotatable bonds is 4. The molecule has 1 atom stereocenters. The lowest BCUT2D eigenvalue weighted by Crippen LogP contribution is -2.35. The second kappa shape index (κ2) is 5.97. The van der Waals surface area contributed by atoms with E-state index in [0.29, 0.717) is 12.5 Å². The number of hydrogen-bond donors (Lipinski definition) is 1. The van der Waals surface area contributed by atoms with Crippen molar-refractivity contribution >= 4 is 0 Å². The second-order valence-corrected chi connectivity index (χ2v) is 4.62. The summed E-state index contributed by atoms with van der Waals surface area (Å²) in [6.07, 6.45) is 7.22. The average molecular weight is 220 g/mol. The molecule has 0 bridgehead atoms. The molecule has 1 saturated heterocycles. The van der Waals surface area contributed by atoms with Gasteiger partial charge in [-0.3, -0.25) is 9.88 Å². The van der Waals surface area contributed by atoms with Crippen LogP contribution < -0.4 is 0 Å². The van der Waals surface area contributed by atoms with Crippen molar-refractivity contribution < 1.29 is 5.11 Å². The molecule has 3 nitrogen and oxygen atoms in total. The molecule has 3 heteroatoms. The van der Waals surface area contributed by atoms with Gasteiger partial charge in [0.15, 0.2) is 0 Å². The molecule has 0 saturated carbocycles. The van der Waals surface area contributed by atoms with E-state index in [1.165, 1.54) is 24.9 Å². The summed E-state index contributed by atoms with van der Waals surface area (Å²) in [4.78, 5) is 6.61. The molecular weight excluding hydrogens is 200 g/mol. The Labute approximate surface area is 97.1 Å². The summed E-state index contributed by atoms with van der Waals surface area (Å²) in [5.41, 5.74) is 1.28. The van der Waals surface area contributed by atoms with Crippen molar-refractivity contribution in [1.82, 2.24) is 9.88 Å². The molecule has 1 aromatic heterocycles. The van der Waals surface area contributed by atoms with Gasteiger partial charge < -0.3 is 5.11 Å². The third-order valence-electron chi connectivity index (χ3n) is 3.27. The Hall–Kier alpha value is -0.930. The Morgan fingerprint density at radius 2 is 2.44 bits per heavy atom. The Bertz CT molecular complexity index is 300. The van der Waals surface area contributed by atoms with E-state index in [9.17, 15) is 0 Å². The van der Waals surface area contributed by atoms with Gasteiger partial charge in [0.1, 0.15) is 0 Å². The van der Waals surface area contributed by atoms with Crippen LogP contribution in [-0.2, 0) is 6.54 Å². The summed E-state index contributed by atoms with van der Waals surface area (Å²) in [6.45, 7) is 3.62. The minimum Gasteiger partial charge on any atom is -0.396 e. The first-order chi connectivity index (χ1) is 7.88. The summed E-state index contributed by atoms with van der Waals surface area (Å²) in [6, 6.07) is 4.12. The molecule has 0 amide bonds. The van der Waals surface area contributed by atoms with Crippen molar-refractivity contribution in [3.05, 3.63) is 30.1 Å². The van der Waals surface area contributed by atoms with Gasteiger partial charge in [-0.05, 0) is 43.4 Å². The molecule has 0 spiro atoms. The van der Waals surface area contributed by atoms with Gasteiger partial charge in [-0.25, -0.2) is 0 Å². The van der Waals surface area contributed by atoms with Crippen molar-refractivity contribution in [2.24, 2.45) is 5.92 Å². The van der Waals surface area contributed by atoms with E-state index in [0.717, 1.165) is 19.5 Å². The number of pyridine rings is 1. The fourth-order valence-electron chi connectivity index (χ4n) is 2.46. The zero-order valence-electron chi connectivity index (χ0n) is 9.68. The van der Waals surface area contributed by atoms with Gasteiger partial charge in [-0.2, -0.15) is 0 Å². The van der Waals surface area contributed by atoms with Gasteiger partial charge in [0, 0.05) is 32.1 Å². The van der Waals surface area contributed by atoms with Crippen molar-refractivity contribution in [3.8, 4) is 0 Å². The number of aromatic nitrogens is 1. The maximum Gasteiger partial charge on any atom is 0.0434 e. The number of aliphatic hydroxyl groups is 1. The monoisotopic (exact) mass is 220 g/mol. The van der Waals surface area contributed by atoms with E-state index in [4.69, 9.17) is 5.11 Å². The van der Waals surface area contributed by atoms with Crippen LogP contribution in [0.15, 0.2) is 24.5 Å². The highest BCUT2D eigenvalue weighted by Crippen LogP contribution is 2.20. The number of piperidine rings is 1. The zero-order valence-corrected chi connectivity index (χ0v) is 9.68. The standard InChI is InChI=1S/C13H20N2O/c16-8-5-12-4-2-7-15(10-12)11-13-3-1-6-14-9-13/h1,3,6,9,12,16H,2,4-5,7-8,10-11H2. The number of nitrogens with zero attached hydrogens (tertiary/aromatic N) is 2. The van der Waals surface area contributed by atoms with Crippen LogP contribution >= 0.6 is 0 Å². The van der Waals surface area contributed by atoms with Crippen LogP contribution in [0.3, 0.4) is 0 Å². The third kappa shape index (κ3) is 3.29. The van der Waals surface area contributed by atoms with E-state index in [2.05, 4.69) is 16.0 Å². The molecule has 88 valence electrons. The molecule has 1 unspecified atom stereocenters. The fourth-order valence-corrected chi connectivity index (χ4v) is 2.46. The Morgan fingerprint density at radius 3 is 3.19 bits per heavy atom. The fraction of sp³-hybridized carbons (Fsp3) is 0.615. The molecule has 0 aromatic carbocycles. The topological polar surface area (TPSA) is 36.4 Å². The maximum absolute atomic E-state index is 8.97. The molecule has 2 rings (SSSR count). The first kappa shape index (κ1) is 11.6. The van der Waals surface area contributed by atoms with Crippen molar-refractivity contribution in [1.29, 1.82) is 0 Å².